The molecule has 1 aromatic rings. The van der Waals surface area contributed by atoms with Crippen molar-refractivity contribution in [3.05, 3.63) is 11.1 Å². The second-order valence-corrected chi connectivity index (χ2v) is 4.50. The third kappa shape index (κ3) is 5.62. The van der Waals surface area contributed by atoms with Gasteiger partial charge in [0.15, 0.2) is 5.13 Å². The number of nitrogens with one attached hydrogen (secondary N) is 1. The van der Waals surface area contributed by atoms with Crippen LogP contribution in [0.3, 0.4) is 0 Å². The number of thiazole rings is 1. The van der Waals surface area contributed by atoms with Crippen molar-refractivity contribution < 1.29 is 14.3 Å². The lowest BCUT2D eigenvalue weighted by atomic mass is 10.3. The average molecular weight is 271 g/mol. The van der Waals surface area contributed by atoms with Crippen LogP contribution in [-0.4, -0.2) is 30.0 Å². The average Bonchev–Trinajstić information content (AvgIpc) is 2.70. The highest BCUT2D eigenvalue weighted by Gasteiger charge is 2.07. The number of hydrogen-bond donors (Lipinski definition) is 2. The number of carbonyl (C=O) groups is 2. The number of hydrogen-bond acceptors (Lipinski definition) is 6. The molecule has 1 rings (SSSR count). The fraction of sp³-hybridized carbons (Fsp3) is 0.545. The number of nitrogens with zero attached hydrogens (tertiary/aromatic N) is 1. The maximum absolute atomic E-state index is 11.5. The molecular weight excluding hydrogens is 254 g/mol. The standard InChI is InChI=1S/C11H17N3O3S/c1-2-17-10(16)4-3-5-13-9(15)6-8-7-18-11(12)14-8/h7H,2-6H2,1H3,(H2,12,14)(H,13,15). The zero-order valence-corrected chi connectivity index (χ0v) is 11.1. The number of nitrogens with two attached hydrogens (primary N) is 1. The van der Waals surface area contributed by atoms with Crippen molar-refractivity contribution in [3.63, 3.8) is 0 Å². The molecule has 100 valence electrons. The highest BCUT2D eigenvalue weighted by Crippen LogP contribution is 2.11. The molecule has 0 aliphatic carbocycles. The Hall–Kier alpha value is -1.63. The summed E-state index contributed by atoms with van der Waals surface area (Å²) in [4.78, 5) is 26.5. The summed E-state index contributed by atoms with van der Waals surface area (Å²) < 4.78 is 4.77. The van der Waals surface area contributed by atoms with E-state index in [-0.39, 0.29) is 18.3 Å². The first-order valence-electron chi connectivity index (χ1n) is 5.74. The van der Waals surface area contributed by atoms with Gasteiger partial charge in [0.25, 0.3) is 0 Å². The molecule has 0 saturated heterocycles. The van der Waals surface area contributed by atoms with Gasteiger partial charge in [0, 0.05) is 18.3 Å². The first-order valence-corrected chi connectivity index (χ1v) is 6.62. The van der Waals surface area contributed by atoms with Crippen molar-refractivity contribution in [3.8, 4) is 0 Å². The van der Waals surface area contributed by atoms with Gasteiger partial charge in [0.2, 0.25) is 5.91 Å². The number of anilines is 1. The third-order valence-corrected chi connectivity index (χ3v) is 2.82. The summed E-state index contributed by atoms with van der Waals surface area (Å²) in [6.45, 7) is 2.60. The molecule has 1 aromatic heterocycles. The first-order chi connectivity index (χ1) is 8.61. The summed E-state index contributed by atoms with van der Waals surface area (Å²) in [6, 6.07) is 0. The minimum atomic E-state index is -0.237. The Bertz CT molecular complexity index is 406. The molecule has 0 unspecified atom stereocenters. The predicted octanol–water partition coefficient (Wildman–Crippen LogP) is 0.727. The molecule has 0 aliphatic rings. The van der Waals surface area contributed by atoms with E-state index in [2.05, 4.69) is 10.3 Å². The summed E-state index contributed by atoms with van der Waals surface area (Å²) in [5, 5.41) is 4.93. The minimum absolute atomic E-state index is 0.121. The SMILES string of the molecule is CCOC(=O)CCCNC(=O)Cc1csc(N)n1. The van der Waals surface area contributed by atoms with E-state index >= 15 is 0 Å². The lowest BCUT2D eigenvalue weighted by molar-refractivity contribution is -0.143. The Kier molecular flexibility index (Phi) is 6.13. The van der Waals surface area contributed by atoms with E-state index in [0.717, 1.165) is 0 Å². The quantitative estimate of drug-likeness (QED) is 0.563. The normalized spacial score (nSPS) is 10.1. The van der Waals surface area contributed by atoms with Crippen LogP contribution in [-0.2, 0) is 20.7 Å². The molecule has 0 spiro atoms. The lowest BCUT2D eigenvalue weighted by Gasteiger charge is -2.04. The van der Waals surface area contributed by atoms with Crippen molar-refractivity contribution in [1.82, 2.24) is 10.3 Å². The van der Waals surface area contributed by atoms with E-state index < -0.39 is 0 Å². The Labute approximate surface area is 110 Å². The molecule has 0 bridgehead atoms. The number of aromatic nitrogens is 1. The lowest BCUT2D eigenvalue weighted by Crippen LogP contribution is -2.26. The van der Waals surface area contributed by atoms with Crippen LogP contribution in [0.1, 0.15) is 25.5 Å². The van der Waals surface area contributed by atoms with Gasteiger partial charge in [-0.05, 0) is 13.3 Å². The fourth-order valence-electron chi connectivity index (χ4n) is 1.32. The van der Waals surface area contributed by atoms with Crippen molar-refractivity contribution in [2.45, 2.75) is 26.2 Å². The molecular formula is C11H17N3O3S. The molecule has 0 fully saturated rings. The topological polar surface area (TPSA) is 94.3 Å². The van der Waals surface area contributed by atoms with E-state index in [4.69, 9.17) is 10.5 Å². The third-order valence-electron chi connectivity index (χ3n) is 2.10. The molecule has 6 nitrogen and oxygen atoms in total. The van der Waals surface area contributed by atoms with Gasteiger partial charge in [0.1, 0.15) is 0 Å². The Balaban J connectivity index is 2.12. The van der Waals surface area contributed by atoms with Gasteiger partial charge in [-0.3, -0.25) is 9.59 Å². The van der Waals surface area contributed by atoms with Crippen molar-refractivity contribution in [1.29, 1.82) is 0 Å². The number of ether oxygens (including phenoxy) is 1. The van der Waals surface area contributed by atoms with Gasteiger partial charge in [-0.2, -0.15) is 0 Å². The van der Waals surface area contributed by atoms with Crippen LogP contribution >= 0.6 is 11.3 Å². The maximum Gasteiger partial charge on any atom is 0.305 e. The van der Waals surface area contributed by atoms with Gasteiger partial charge in [-0.1, -0.05) is 0 Å². The van der Waals surface area contributed by atoms with E-state index in [1.54, 1.807) is 12.3 Å². The highest BCUT2D eigenvalue weighted by atomic mass is 32.1. The number of nitrogen functional groups attached to an aromatic ring is 1. The molecule has 0 aromatic carbocycles. The number of rotatable bonds is 7. The molecule has 0 atom stereocenters. The van der Waals surface area contributed by atoms with Crippen LogP contribution in [0.5, 0.6) is 0 Å². The number of carbonyl (C=O) groups excluding carboxylic acids is 2. The van der Waals surface area contributed by atoms with Crippen LogP contribution in [0.2, 0.25) is 0 Å². The van der Waals surface area contributed by atoms with Crippen LogP contribution < -0.4 is 11.1 Å². The molecule has 7 heteroatoms. The van der Waals surface area contributed by atoms with Gasteiger partial charge in [0.05, 0.1) is 18.7 Å². The van der Waals surface area contributed by atoms with Crippen molar-refractivity contribution >= 4 is 28.3 Å². The van der Waals surface area contributed by atoms with Crippen LogP contribution in [0, 0.1) is 0 Å². The Morgan fingerprint density at radius 3 is 2.94 bits per heavy atom. The van der Waals surface area contributed by atoms with Gasteiger partial charge in [-0.15, -0.1) is 11.3 Å². The Morgan fingerprint density at radius 1 is 1.56 bits per heavy atom. The molecule has 18 heavy (non-hydrogen) atoms. The van der Waals surface area contributed by atoms with Crippen molar-refractivity contribution in [2.75, 3.05) is 18.9 Å². The van der Waals surface area contributed by atoms with Crippen LogP contribution in [0.15, 0.2) is 5.38 Å². The first kappa shape index (κ1) is 14.4. The summed E-state index contributed by atoms with van der Waals surface area (Å²) in [5.41, 5.74) is 6.13. The molecule has 0 radical (unpaired) electrons. The fourth-order valence-corrected chi connectivity index (χ4v) is 1.89. The number of esters is 1. The van der Waals surface area contributed by atoms with Crippen LogP contribution in [0.25, 0.3) is 0 Å². The largest absolute Gasteiger partial charge is 0.466 e. The maximum atomic E-state index is 11.5. The monoisotopic (exact) mass is 271 g/mol. The molecule has 1 heterocycles. The molecule has 0 aliphatic heterocycles. The van der Waals surface area contributed by atoms with E-state index in [1.165, 1.54) is 11.3 Å². The van der Waals surface area contributed by atoms with E-state index in [9.17, 15) is 9.59 Å². The zero-order valence-electron chi connectivity index (χ0n) is 10.3. The molecule has 1 amide bonds. The second kappa shape index (κ2) is 7.65. The minimum Gasteiger partial charge on any atom is -0.466 e. The summed E-state index contributed by atoms with van der Waals surface area (Å²) >= 11 is 1.31. The Morgan fingerprint density at radius 2 is 2.33 bits per heavy atom. The van der Waals surface area contributed by atoms with E-state index in [0.29, 0.717) is 36.8 Å². The highest BCUT2D eigenvalue weighted by molar-refractivity contribution is 7.13. The second-order valence-electron chi connectivity index (χ2n) is 3.61. The van der Waals surface area contributed by atoms with Crippen molar-refractivity contribution in [2.24, 2.45) is 0 Å². The van der Waals surface area contributed by atoms with Gasteiger partial charge in [-0.25, -0.2) is 4.98 Å². The molecule has 3 N–H and O–H groups in total. The smallest absolute Gasteiger partial charge is 0.305 e. The van der Waals surface area contributed by atoms with E-state index in [1.807, 2.05) is 0 Å². The number of amides is 1. The molecule has 0 saturated carbocycles. The van der Waals surface area contributed by atoms with Crippen LogP contribution in [0.4, 0.5) is 5.13 Å². The zero-order chi connectivity index (χ0) is 13.4. The summed E-state index contributed by atoms with van der Waals surface area (Å²) in [6.07, 6.45) is 1.11. The predicted molar refractivity (Wildman–Crippen MR) is 69.1 cm³/mol. The summed E-state index contributed by atoms with van der Waals surface area (Å²) in [7, 11) is 0. The summed E-state index contributed by atoms with van der Waals surface area (Å²) in [5.74, 6) is -0.358. The van der Waals surface area contributed by atoms with Gasteiger partial charge >= 0.3 is 5.97 Å². The van der Waals surface area contributed by atoms with Gasteiger partial charge < -0.3 is 15.8 Å².